The van der Waals surface area contributed by atoms with E-state index in [2.05, 4.69) is 38.9 Å². The molecule has 0 spiro atoms. The highest BCUT2D eigenvalue weighted by Crippen LogP contribution is 2.27. The molecule has 0 aliphatic heterocycles. The van der Waals surface area contributed by atoms with E-state index in [0.29, 0.717) is 5.15 Å². The van der Waals surface area contributed by atoms with E-state index in [9.17, 15) is 0 Å². The average Bonchev–Trinajstić information content (AvgIpc) is 2.82. The van der Waals surface area contributed by atoms with Gasteiger partial charge in [0.05, 0.1) is 0 Å². The van der Waals surface area contributed by atoms with Gasteiger partial charge in [-0.05, 0) is 42.0 Å². The van der Waals surface area contributed by atoms with Crippen LogP contribution in [0.1, 0.15) is 5.56 Å². The number of hydrogen-bond donors (Lipinski definition) is 1. The second kappa shape index (κ2) is 4.55. The number of rotatable bonds is 2. The highest BCUT2D eigenvalue weighted by molar-refractivity contribution is 7.17. The summed E-state index contributed by atoms with van der Waals surface area (Å²) in [6.07, 6.45) is 1.46. The van der Waals surface area contributed by atoms with E-state index >= 15 is 0 Å². The maximum absolute atomic E-state index is 5.97. The third-order valence-electron chi connectivity index (χ3n) is 2.74. The van der Waals surface area contributed by atoms with Crippen LogP contribution in [0.4, 0.5) is 11.5 Å². The number of nitrogens with zero attached hydrogens (tertiary/aromatic N) is 2. The van der Waals surface area contributed by atoms with Crippen LogP contribution in [-0.2, 0) is 0 Å². The third kappa shape index (κ3) is 2.05. The second-order valence-electron chi connectivity index (χ2n) is 3.94. The van der Waals surface area contributed by atoms with Crippen molar-refractivity contribution in [1.29, 1.82) is 0 Å². The predicted octanol–water partition coefficient (Wildman–Crippen LogP) is 4.40. The summed E-state index contributed by atoms with van der Waals surface area (Å²) in [6, 6.07) is 8.33. The van der Waals surface area contributed by atoms with E-state index in [4.69, 9.17) is 11.6 Å². The van der Waals surface area contributed by atoms with Gasteiger partial charge < -0.3 is 5.32 Å². The monoisotopic (exact) mass is 275 g/mol. The zero-order valence-electron chi connectivity index (χ0n) is 9.64. The summed E-state index contributed by atoms with van der Waals surface area (Å²) in [6.45, 7) is 1.90. The molecule has 2 heterocycles. The van der Waals surface area contributed by atoms with E-state index < -0.39 is 0 Å². The molecule has 0 aliphatic rings. The van der Waals surface area contributed by atoms with E-state index in [1.165, 1.54) is 16.4 Å². The quantitative estimate of drug-likeness (QED) is 0.705. The van der Waals surface area contributed by atoms with Gasteiger partial charge in [-0.2, -0.15) is 0 Å². The van der Waals surface area contributed by atoms with Crippen molar-refractivity contribution < 1.29 is 0 Å². The largest absolute Gasteiger partial charge is 0.340 e. The van der Waals surface area contributed by atoms with Crippen LogP contribution in [0.15, 0.2) is 36.0 Å². The minimum Gasteiger partial charge on any atom is -0.340 e. The fraction of sp³-hybridized carbons (Fsp3) is 0.0769. The van der Waals surface area contributed by atoms with Crippen LogP contribution in [0.25, 0.3) is 10.1 Å². The molecule has 0 atom stereocenters. The molecule has 0 radical (unpaired) electrons. The molecule has 0 bridgehead atoms. The number of aromatic nitrogens is 2. The number of benzene rings is 1. The van der Waals surface area contributed by atoms with Crippen LogP contribution in [0.5, 0.6) is 0 Å². The number of hydrogen-bond acceptors (Lipinski definition) is 4. The Bertz CT molecular complexity index is 708. The molecule has 2 aromatic heterocycles. The molecule has 1 N–H and O–H groups in total. The lowest BCUT2D eigenvalue weighted by Gasteiger charge is -2.08. The third-order valence-corrected chi connectivity index (χ3v) is 4.02. The molecule has 5 heteroatoms. The SMILES string of the molecule is Cc1c(Cl)ncnc1Nc1ccc2sccc2c1. The topological polar surface area (TPSA) is 37.8 Å². The zero-order valence-corrected chi connectivity index (χ0v) is 11.2. The second-order valence-corrected chi connectivity index (χ2v) is 5.24. The van der Waals surface area contributed by atoms with Crippen LogP contribution < -0.4 is 5.32 Å². The van der Waals surface area contributed by atoms with Gasteiger partial charge in [-0.3, -0.25) is 0 Å². The fourth-order valence-electron chi connectivity index (χ4n) is 1.74. The first-order valence-electron chi connectivity index (χ1n) is 5.45. The molecule has 0 aliphatic carbocycles. The summed E-state index contributed by atoms with van der Waals surface area (Å²) in [4.78, 5) is 8.14. The van der Waals surface area contributed by atoms with Gasteiger partial charge in [-0.15, -0.1) is 11.3 Å². The average molecular weight is 276 g/mol. The van der Waals surface area contributed by atoms with Gasteiger partial charge in [-0.25, -0.2) is 9.97 Å². The predicted molar refractivity (Wildman–Crippen MR) is 76.9 cm³/mol. The summed E-state index contributed by atoms with van der Waals surface area (Å²) in [5, 5.41) is 7.05. The molecule has 0 saturated carbocycles. The molecule has 1 aromatic carbocycles. The maximum atomic E-state index is 5.97. The highest BCUT2D eigenvalue weighted by atomic mass is 35.5. The van der Waals surface area contributed by atoms with Gasteiger partial charge in [0.25, 0.3) is 0 Å². The van der Waals surface area contributed by atoms with Crippen molar-refractivity contribution in [2.75, 3.05) is 5.32 Å². The van der Waals surface area contributed by atoms with Crippen LogP contribution >= 0.6 is 22.9 Å². The Labute approximate surface area is 113 Å². The number of nitrogens with one attached hydrogen (secondary N) is 1. The van der Waals surface area contributed by atoms with Crippen molar-refractivity contribution in [1.82, 2.24) is 9.97 Å². The summed E-state index contributed by atoms with van der Waals surface area (Å²) >= 11 is 7.70. The first kappa shape index (κ1) is 11.4. The number of anilines is 2. The summed E-state index contributed by atoms with van der Waals surface area (Å²) < 4.78 is 1.28. The highest BCUT2D eigenvalue weighted by Gasteiger charge is 2.05. The summed E-state index contributed by atoms with van der Waals surface area (Å²) in [7, 11) is 0. The van der Waals surface area contributed by atoms with E-state index in [-0.39, 0.29) is 0 Å². The Morgan fingerprint density at radius 2 is 2.11 bits per heavy atom. The van der Waals surface area contributed by atoms with Crippen molar-refractivity contribution in [3.05, 3.63) is 46.7 Å². The van der Waals surface area contributed by atoms with E-state index in [0.717, 1.165) is 17.1 Å². The van der Waals surface area contributed by atoms with Gasteiger partial charge in [0.2, 0.25) is 0 Å². The maximum Gasteiger partial charge on any atom is 0.138 e. The Kier molecular flexibility index (Phi) is 2.89. The molecule has 3 aromatic rings. The summed E-state index contributed by atoms with van der Waals surface area (Å²) in [5.74, 6) is 0.740. The smallest absolute Gasteiger partial charge is 0.138 e. The minimum atomic E-state index is 0.476. The lowest BCUT2D eigenvalue weighted by atomic mass is 10.2. The molecule has 0 amide bonds. The number of thiophene rings is 1. The van der Waals surface area contributed by atoms with Crippen LogP contribution in [0, 0.1) is 6.92 Å². The molecule has 3 nitrogen and oxygen atoms in total. The summed E-state index contributed by atoms with van der Waals surface area (Å²) in [5.41, 5.74) is 1.85. The minimum absolute atomic E-state index is 0.476. The molecular formula is C13H10ClN3S. The van der Waals surface area contributed by atoms with Crippen LogP contribution in [0.2, 0.25) is 5.15 Å². The van der Waals surface area contributed by atoms with Gasteiger partial charge >= 0.3 is 0 Å². The molecular weight excluding hydrogens is 266 g/mol. The Hall–Kier alpha value is -1.65. The molecule has 90 valence electrons. The van der Waals surface area contributed by atoms with Crippen LogP contribution in [-0.4, -0.2) is 9.97 Å². The zero-order chi connectivity index (χ0) is 12.5. The Balaban J connectivity index is 1.98. The normalized spacial score (nSPS) is 10.8. The molecule has 0 saturated heterocycles. The molecule has 18 heavy (non-hydrogen) atoms. The van der Waals surface area contributed by atoms with Gasteiger partial charge in [-0.1, -0.05) is 11.6 Å². The van der Waals surface area contributed by atoms with Crippen LogP contribution in [0.3, 0.4) is 0 Å². The van der Waals surface area contributed by atoms with Crippen molar-refractivity contribution in [2.24, 2.45) is 0 Å². The lowest BCUT2D eigenvalue weighted by Crippen LogP contribution is -1.97. The fourth-order valence-corrected chi connectivity index (χ4v) is 2.64. The van der Waals surface area contributed by atoms with Crippen molar-refractivity contribution in [3.63, 3.8) is 0 Å². The number of fused-ring (bicyclic) bond motifs is 1. The molecule has 3 rings (SSSR count). The first-order valence-corrected chi connectivity index (χ1v) is 6.71. The Morgan fingerprint density at radius 1 is 1.22 bits per heavy atom. The Morgan fingerprint density at radius 3 is 3.00 bits per heavy atom. The first-order chi connectivity index (χ1) is 8.74. The van der Waals surface area contributed by atoms with Gasteiger partial charge in [0.1, 0.15) is 17.3 Å². The van der Waals surface area contributed by atoms with E-state index in [1.807, 2.05) is 13.0 Å². The van der Waals surface area contributed by atoms with Crippen molar-refractivity contribution in [3.8, 4) is 0 Å². The lowest BCUT2D eigenvalue weighted by molar-refractivity contribution is 1.13. The van der Waals surface area contributed by atoms with Gasteiger partial charge in [0.15, 0.2) is 0 Å². The molecule has 0 fully saturated rings. The standard InChI is InChI=1S/C13H10ClN3S/c1-8-12(14)15-7-16-13(8)17-10-2-3-11-9(6-10)4-5-18-11/h2-7H,1H3,(H,15,16,17). The van der Waals surface area contributed by atoms with Gasteiger partial charge in [0, 0.05) is 16.0 Å². The van der Waals surface area contributed by atoms with Crippen molar-refractivity contribution >= 4 is 44.5 Å². The van der Waals surface area contributed by atoms with Crippen molar-refractivity contribution in [2.45, 2.75) is 6.92 Å². The van der Waals surface area contributed by atoms with E-state index in [1.54, 1.807) is 11.3 Å². The molecule has 0 unspecified atom stereocenters. The number of halogens is 1.